The highest BCUT2D eigenvalue weighted by Crippen LogP contribution is 2.23. The molecule has 1 saturated heterocycles. The molecular formula is C19H26N4O3. The molecule has 1 aliphatic heterocycles. The van der Waals surface area contributed by atoms with E-state index in [2.05, 4.69) is 15.3 Å². The Morgan fingerprint density at radius 3 is 3.04 bits per heavy atom. The SMILES string of the molecule is COCC(=O)NCC[C@@H]1CCCCN1C(=O)c1ccc2nc(C)[nH]c2c1. The molecule has 2 heterocycles. The number of aromatic nitrogens is 2. The van der Waals surface area contributed by atoms with Crippen molar-refractivity contribution in [3.63, 3.8) is 0 Å². The molecule has 1 aliphatic rings. The number of amides is 2. The van der Waals surface area contributed by atoms with Crippen LogP contribution in [0.1, 0.15) is 41.9 Å². The fourth-order valence-electron chi connectivity index (χ4n) is 3.56. The number of imidazole rings is 1. The number of carbonyl (C=O) groups excluding carboxylic acids is 2. The normalized spacial score (nSPS) is 17.5. The van der Waals surface area contributed by atoms with E-state index in [0.717, 1.165) is 49.1 Å². The van der Waals surface area contributed by atoms with Crippen LogP contribution in [-0.4, -0.2) is 59.5 Å². The van der Waals surface area contributed by atoms with Gasteiger partial charge in [0.2, 0.25) is 5.91 Å². The number of hydrogen-bond acceptors (Lipinski definition) is 4. The smallest absolute Gasteiger partial charge is 0.254 e. The predicted molar refractivity (Wildman–Crippen MR) is 99.0 cm³/mol. The molecule has 2 amide bonds. The number of aromatic amines is 1. The van der Waals surface area contributed by atoms with Crippen LogP contribution in [0.25, 0.3) is 11.0 Å². The van der Waals surface area contributed by atoms with Crippen LogP contribution in [0.2, 0.25) is 0 Å². The lowest BCUT2D eigenvalue weighted by molar-refractivity contribution is -0.124. The van der Waals surface area contributed by atoms with Crippen LogP contribution >= 0.6 is 0 Å². The number of likely N-dealkylation sites (tertiary alicyclic amines) is 1. The molecule has 2 aromatic rings. The van der Waals surface area contributed by atoms with E-state index in [0.29, 0.717) is 12.1 Å². The maximum Gasteiger partial charge on any atom is 0.254 e. The van der Waals surface area contributed by atoms with Crippen molar-refractivity contribution in [2.75, 3.05) is 26.8 Å². The number of ether oxygens (including phenoxy) is 1. The number of fused-ring (bicyclic) bond motifs is 1. The van der Waals surface area contributed by atoms with Gasteiger partial charge in [-0.3, -0.25) is 9.59 Å². The molecule has 2 N–H and O–H groups in total. The second kappa shape index (κ2) is 8.31. The minimum atomic E-state index is -0.124. The molecule has 0 unspecified atom stereocenters. The van der Waals surface area contributed by atoms with Gasteiger partial charge in [0.25, 0.3) is 5.91 Å². The third kappa shape index (κ3) is 4.22. The molecule has 1 fully saturated rings. The molecule has 0 radical (unpaired) electrons. The summed E-state index contributed by atoms with van der Waals surface area (Å²) in [5.74, 6) is 0.764. The van der Waals surface area contributed by atoms with Gasteiger partial charge in [-0.1, -0.05) is 0 Å². The monoisotopic (exact) mass is 358 g/mol. The molecule has 7 heteroatoms. The van der Waals surface area contributed by atoms with Gasteiger partial charge in [0.05, 0.1) is 11.0 Å². The highest BCUT2D eigenvalue weighted by atomic mass is 16.5. The van der Waals surface area contributed by atoms with E-state index in [1.807, 2.05) is 30.0 Å². The maximum absolute atomic E-state index is 13.0. The van der Waals surface area contributed by atoms with Gasteiger partial charge in [0, 0.05) is 31.8 Å². The van der Waals surface area contributed by atoms with Gasteiger partial charge in [-0.05, 0) is 50.8 Å². The fourth-order valence-corrected chi connectivity index (χ4v) is 3.56. The number of hydrogen-bond donors (Lipinski definition) is 2. The number of H-pyrrole nitrogens is 1. The Balaban J connectivity index is 1.67. The standard InChI is InChI=1S/C19H26N4O3/c1-13-21-16-7-6-14(11-17(16)22-13)19(25)23-10-4-3-5-15(23)8-9-20-18(24)12-26-2/h6-7,11,15H,3-5,8-10,12H2,1-2H3,(H,20,24)(H,21,22)/t15-/m0/s1. The van der Waals surface area contributed by atoms with Gasteiger partial charge in [0.1, 0.15) is 12.4 Å². The zero-order valence-corrected chi connectivity index (χ0v) is 15.4. The minimum absolute atomic E-state index is 0.0482. The minimum Gasteiger partial charge on any atom is -0.375 e. The summed E-state index contributed by atoms with van der Waals surface area (Å²) in [7, 11) is 1.50. The fraction of sp³-hybridized carbons (Fsp3) is 0.526. The van der Waals surface area contributed by atoms with E-state index in [4.69, 9.17) is 4.74 Å². The van der Waals surface area contributed by atoms with Crippen LogP contribution in [0.15, 0.2) is 18.2 Å². The van der Waals surface area contributed by atoms with Crippen LogP contribution in [0.3, 0.4) is 0 Å². The summed E-state index contributed by atoms with van der Waals surface area (Å²) in [6.07, 6.45) is 3.85. The highest BCUT2D eigenvalue weighted by Gasteiger charge is 2.27. The number of methoxy groups -OCH3 is 1. The van der Waals surface area contributed by atoms with Crippen molar-refractivity contribution in [3.05, 3.63) is 29.6 Å². The topological polar surface area (TPSA) is 87.3 Å². The molecule has 1 aromatic carbocycles. The van der Waals surface area contributed by atoms with Crippen molar-refractivity contribution in [1.82, 2.24) is 20.2 Å². The third-order valence-corrected chi connectivity index (χ3v) is 4.81. The number of rotatable bonds is 6. The van der Waals surface area contributed by atoms with Crippen molar-refractivity contribution in [2.45, 2.75) is 38.6 Å². The first kappa shape index (κ1) is 18.4. The van der Waals surface area contributed by atoms with Crippen LogP contribution in [0.4, 0.5) is 0 Å². The molecule has 3 rings (SSSR count). The first-order valence-electron chi connectivity index (χ1n) is 9.11. The molecule has 0 spiro atoms. The van der Waals surface area contributed by atoms with Crippen LogP contribution in [0, 0.1) is 6.92 Å². The largest absolute Gasteiger partial charge is 0.375 e. The van der Waals surface area contributed by atoms with Crippen molar-refractivity contribution < 1.29 is 14.3 Å². The molecule has 0 saturated carbocycles. The molecule has 0 aliphatic carbocycles. The molecule has 7 nitrogen and oxygen atoms in total. The number of piperidine rings is 1. The zero-order chi connectivity index (χ0) is 18.5. The number of carbonyl (C=O) groups is 2. The number of benzene rings is 1. The predicted octanol–water partition coefficient (Wildman–Crippen LogP) is 2.02. The summed E-state index contributed by atoms with van der Waals surface area (Å²) in [6.45, 7) is 3.28. The molecule has 1 atom stereocenters. The van der Waals surface area contributed by atoms with E-state index < -0.39 is 0 Å². The lowest BCUT2D eigenvalue weighted by atomic mass is 9.98. The molecule has 140 valence electrons. The Morgan fingerprint density at radius 2 is 2.23 bits per heavy atom. The van der Waals surface area contributed by atoms with Crippen molar-refractivity contribution >= 4 is 22.8 Å². The number of aryl methyl sites for hydroxylation is 1. The van der Waals surface area contributed by atoms with Gasteiger partial charge in [-0.2, -0.15) is 0 Å². The van der Waals surface area contributed by atoms with Crippen molar-refractivity contribution in [1.29, 1.82) is 0 Å². The Kier molecular flexibility index (Phi) is 5.88. The summed E-state index contributed by atoms with van der Waals surface area (Å²) in [4.78, 5) is 34.1. The summed E-state index contributed by atoms with van der Waals surface area (Å²) in [6, 6.07) is 5.76. The lowest BCUT2D eigenvalue weighted by Gasteiger charge is -2.36. The van der Waals surface area contributed by atoms with Gasteiger partial charge in [-0.25, -0.2) is 4.98 Å². The molecule has 26 heavy (non-hydrogen) atoms. The van der Waals surface area contributed by atoms with Gasteiger partial charge in [-0.15, -0.1) is 0 Å². The first-order valence-corrected chi connectivity index (χ1v) is 9.11. The first-order chi connectivity index (χ1) is 12.6. The van der Waals surface area contributed by atoms with Crippen LogP contribution < -0.4 is 5.32 Å². The quantitative estimate of drug-likeness (QED) is 0.827. The summed E-state index contributed by atoms with van der Waals surface area (Å²) >= 11 is 0. The van der Waals surface area contributed by atoms with Gasteiger partial charge < -0.3 is 19.9 Å². The lowest BCUT2D eigenvalue weighted by Crippen LogP contribution is -2.45. The number of nitrogens with zero attached hydrogens (tertiary/aromatic N) is 2. The van der Waals surface area contributed by atoms with Gasteiger partial charge in [0.15, 0.2) is 0 Å². The summed E-state index contributed by atoms with van der Waals surface area (Å²) in [5.41, 5.74) is 2.43. The summed E-state index contributed by atoms with van der Waals surface area (Å²) in [5, 5.41) is 2.84. The van der Waals surface area contributed by atoms with Gasteiger partial charge >= 0.3 is 0 Å². The Morgan fingerprint density at radius 1 is 1.38 bits per heavy atom. The number of nitrogens with one attached hydrogen (secondary N) is 2. The summed E-state index contributed by atoms with van der Waals surface area (Å²) < 4.78 is 4.82. The zero-order valence-electron chi connectivity index (χ0n) is 15.4. The molecule has 0 bridgehead atoms. The second-order valence-electron chi connectivity index (χ2n) is 6.77. The average Bonchev–Trinajstić information content (AvgIpc) is 3.01. The van der Waals surface area contributed by atoms with Crippen LogP contribution in [-0.2, 0) is 9.53 Å². The Labute approximate surface area is 153 Å². The van der Waals surface area contributed by atoms with E-state index in [-0.39, 0.29) is 24.5 Å². The molecule has 1 aromatic heterocycles. The second-order valence-corrected chi connectivity index (χ2v) is 6.77. The van der Waals surface area contributed by atoms with Crippen LogP contribution in [0.5, 0.6) is 0 Å². The van der Waals surface area contributed by atoms with E-state index >= 15 is 0 Å². The van der Waals surface area contributed by atoms with Crippen molar-refractivity contribution in [3.8, 4) is 0 Å². The maximum atomic E-state index is 13.0. The Hall–Kier alpha value is -2.41. The Bertz CT molecular complexity index is 786. The van der Waals surface area contributed by atoms with E-state index in [1.165, 1.54) is 7.11 Å². The van der Waals surface area contributed by atoms with E-state index in [1.54, 1.807) is 0 Å². The third-order valence-electron chi connectivity index (χ3n) is 4.81. The highest BCUT2D eigenvalue weighted by molar-refractivity contribution is 5.97. The van der Waals surface area contributed by atoms with Crippen molar-refractivity contribution in [2.24, 2.45) is 0 Å². The van der Waals surface area contributed by atoms with E-state index in [9.17, 15) is 9.59 Å². The average molecular weight is 358 g/mol. The molecular weight excluding hydrogens is 332 g/mol.